The molecule has 2 amide bonds. The number of nitrogens with one attached hydrogen (secondary N) is 1. The Morgan fingerprint density at radius 1 is 1.06 bits per heavy atom. The van der Waals surface area contributed by atoms with E-state index in [4.69, 9.17) is 5.26 Å². The van der Waals surface area contributed by atoms with Crippen LogP contribution in [0.25, 0.3) is 0 Å². The first-order valence-electron chi connectivity index (χ1n) is 10.7. The fourth-order valence-corrected chi connectivity index (χ4v) is 3.79. The highest BCUT2D eigenvalue weighted by Gasteiger charge is 2.31. The minimum Gasteiger partial charge on any atom is -0.340 e. The molecule has 2 aromatic carbocycles. The third kappa shape index (κ3) is 5.93. The van der Waals surface area contributed by atoms with Gasteiger partial charge in [0.2, 0.25) is 5.91 Å². The monoisotopic (exact) mass is 418 g/mol. The van der Waals surface area contributed by atoms with Crippen molar-refractivity contribution >= 4 is 11.8 Å². The smallest absolute Gasteiger partial charge is 0.251 e. The maximum atomic E-state index is 13.2. The molecule has 1 atom stereocenters. The van der Waals surface area contributed by atoms with Gasteiger partial charge in [-0.2, -0.15) is 5.26 Å². The van der Waals surface area contributed by atoms with Gasteiger partial charge in [-0.3, -0.25) is 14.5 Å². The molecule has 3 rings (SSSR count). The molecule has 0 aromatic heterocycles. The van der Waals surface area contributed by atoms with Crippen molar-refractivity contribution in [1.82, 2.24) is 15.1 Å². The summed E-state index contributed by atoms with van der Waals surface area (Å²) in [5.74, 6) is -0.234. The highest BCUT2D eigenvalue weighted by molar-refractivity contribution is 5.97. The summed E-state index contributed by atoms with van der Waals surface area (Å²) in [6.45, 7) is 9.49. The van der Waals surface area contributed by atoms with E-state index in [1.54, 1.807) is 6.07 Å². The van der Waals surface area contributed by atoms with Gasteiger partial charge in [-0.25, -0.2) is 0 Å². The molecule has 1 heterocycles. The van der Waals surface area contributed by atoms with Crippen LogP contribution in [-0.4, -0.2) is 53.8 Å². The molecule has 1 N–H and O–H groups in total. The van der Waals surface area contributed by atoms with Crippen LogP contribution < -0.4 is 5.32 Å². The summed E-state index contributed by atoms with van der Waals surface area (Å²) in [5.41, 5.74) is 3.40. The molecule has 31 heavy (non-hydrogen) atoms. The normalized spacial score (nSPS) is 15.4. The van der Waals surface area contributed by atoms with E-state index in [2.05, 4.69) is 16.3 Å². The third-order valence-electron chi connectivity index (χ3n) is 5.67. The lowest BCUT2D eigenvalue weighted by atomic mass is 10.0. The summed E-state index contributed by atoms with van der Waals surface area (Å²) < 4.78 is 0. The number of carbonyl (C=O) groups excluding carboxylic acids is 2. The highest BCUT2D eigenvalue weighted by Crippen LogP contribution is 2.14. The minimum atomic E-state index is -0.543. The van der Waals surface area contributed by atoms with Gasteiger partial charge in [-0.05, 0) is 42.7 Å². The van der Waals surface area contributed by atoms with Gasteiger partial charge >= 0.3 is 0 Å². The SMILES string of the molecule is Cc1cccc(C(=O)N[C@H](C(=O)N2CCN(Cc3ccc(C#N)cc3)CC2)C(C)C)c1. The van der Waals surface area contributed by atoms with Crippen molar-refractivity contribution in [1.29, 1.82) is 5.26 Å². The molecule has 0 aliphatic carbocycles. The van der Waals surface area contributed by atoms with Crippen molar-refractivity contribution < 1.29 is 9.59 Å². The van der Waals surface area contributed by atoms with Crippen molar-refractivity contribution in [3.63, 3.8) is 0 Å². The van der Waals surface area contributed by atoms with Gasteiger partial charge in [0.25, 0.3) is 5.91 Å². The molecule has 0 radical (unpaired) electrons. The van der Waals surface area contributed by atoms with Crippen molar-refractivity contribution in [3.05, 3.63) is 70.8 Å². The van der Waals surface area contributed by atoms with Crippen LogP contribution in [0, 0.1) is 24.2 Å². The Morgan fingerprint density at radius 2 is 1.74 bits per heavy atom. The topological polar surface area (TPSA) is 76.4 Å². The number of aryl methyl sites for hydroxylation is 1. The van der Waals surface area contributed by atoms with E-state index in [0.717, 1.165) is 30.8 Å². The zero-order valence-corrected chi connectivity index (χ0v) is 18.5. The van der Waals surface area contributed by atoms with Crippen LogP contribution in [0.4, 0.5) is 0 Å². The third-order valence-corrected chi connectivity index (χ3v) is 5.67. The zero-order valence-electron chi connectivity index (χ0n) is 18.5. The molecule has 1 saturated heterocycles. The van der Waals surface area contributed by atoms with E-state index in [-0.39, 0.29) is 17.7 Å². The minimum absolute atomic E-state index is 0.00191. The van der Waals surface area contributed by atoms with Crippen LogP contribution >= 0.6 is 0 Å². The summed E-state index contributed by atoms with van der Waals surface area (Å²) in [4.78, 5) is 30.0. The van der Waals surface area contributed by atoms with E-state index < -0.39 is 6.04 Å². The van der Waals surface area contributed by atoms with Gasteiger partial charge in [0.05, 0.1) is 11.6 Å². The standard InChI is InChI=1S/C25H30N4O2/c1-18(2)23(27-24(30)22-6-4-5-19(3)15-22)25(31)29-13-11-28(12-14-29)17-21-9-7-20(16-26)8-10-21/h4-10,15,18,23H,11-14,17H2,1-3H3,(H,27,30)/t23-/m0/s1. The number of benzene rings is 2. The number of carbonyl (C=O) groups is 2. The van der Waals surface area contributed by atoms with Crippen LogP contribution in [0.5, 0.6) is 0 Å². The summed E-state index contributed by atoms with van der Waals surface area (Å²) in [5, 5.41) is 11.9. The number of hydrogen-bond donors (Lipinski definition) is 1. The maximum Gasteiger partial charge on any atom is 0.251 e. The lowest BCUT2D eigenvalue weighted by Gasteiger charge is -2.37. The molecule has 0 unspecified atom stereocenters. The van der Waals surface area contributed by atoms with Crippen LogP contribution in [0.2, 0.25) is 0 Å². The lowest BCUT2D eigenvalue weighted by molar-refractivity contribution is -0.136. The first-order chi connectivity index (χ1) is 14.9. The van der Waals surface area contributed by atoms with Gasteiger partial charge in [0, 0.05) is 38.3 Å². The molecule has 6 nitrogen and oxygen atoms in total. The number of nitrogens with zero attached hydrogens (tertiary/aromatic N) is 3. The van der Waals surface area contributed by atoms with Gasteiger partial charge < -0.3 is 10.2 Å². The average molecular weight is 419 g/mol. The van der Waals surface area contributed by atoms with Crippen molar-refractivity contribution in [2.24, 2.45) is 5.92 Å². The highest BCUT2D eigenvalue weighted by atomic mass is 16.2. The van der Waals surface area contributed by atoms with Crippen LogP contribution in [0.3, 0.4) is 0 Å². The Balaban J connectivity index is 1.56. The first-order valence-corrected chi connectivity index (χ1v) is 10.7. The Labute approximate surface area is 184 Å². The largest absolute Gasteiger partial charge is 0.340 e. The summed E-state index contributed by atoms with van der Waals surface area (Å²) in [6, 6.07) is 16.6. The molecule has 162 valence electrons. The average Bonchev–Trinajstić information content (AvgIpc) is 2.77. The van der Waals surface area contributed by atoms with Crippen molar-refractivity contribution in [2.75, 3.05) is 26.2 Å². The van der Waals surface area contributed by atoms with E-state index >= 15 is 0 Å². The Hall–Kier alpha value is -3.17. The lowest BCUT2D eigenvalue weighted by Crippen LogP contribution is -2.56. The van der Waals surface area contributed by atoms with E-state index in [9.17, 15) is 9.59 Å². The van der Waals surface area contributed by atoms with Gasteiger partial charge in [0.15, 0.2) is 0 Å². The van der Waals surface area contributed by atoms with Gasteiger partial charge in [-0.1, -0.05) is 43.7 Å². The summed E-state index contributed by atoms with van der Waals surface area (Å²) in [7, 11) is 0. The van der Waals surface area contributed by atoms with Crippen LogP contribution in [0.15, 0.2) is 48.5 Å². The molecule has 6 heteroatoms. The molecule has 0 spiro atoms. The zero-order chi connectivity index (χ0) is 22.4. The molecule has 2 aromatic rings. The van der Waals surface area contributed by atoms with E-state index in [1.165, 1.54) is 0 Å². The van der Waals surface area contributed by atoms with Gasteiger partial charge in [-0.15, -0.1) is 0 Å². The number of amides is 2. The Bertz CT molecular complexity index is 954. The molecule has 0 saturated carbocycles. The van der Waals surface area contributed by atoms with Gasteiger partial charge in [0.1, 0.15) is 6.04 Å². The predicted octanol–water partition coefficient (Wildman–Crippen LogP) is 2.97. The second-order valence-corrected chi connectivity index (χ2v) is 8.47. The number of rotatable bonds is 6. The fraction of sp³-hybridized carbons (Fsp3) is 0.400. The first kappa shape index (κ1) is 22.5. The second kappa shape index (κ2) is 10.2. The number of piperazine rings is 1. The molecule has 1 aliphatic heterocycles. The van der Waals surface area contributed by atoms with Crippen LogP contribution in [-0.2, 0) is 11.3 Å². The summed E-state index contributed by atoms with van der Waals surface area (Å²) >= 11 is 0. The van der Waals surface area contributed by atoms with E-state index in [1.807, 2.05) is 68.1 Å². The Kier molecular flexibility index (Phi) is 7.43. The summed E-state index contributed by atoms with van der Waals surface area (Å²) in [6.07, 6.45) is 0. The molecular weight excluding hydrogens is 388 g/mol. The molecule has 1 aliphatic rings. The Morgan fingerprint density at radius 3 is 2.32 bits per heavy atom. The second-order valence-electron chi connectivity index (χ2n) is 8.47. The fourth-order valence-electron chi connectivity index (χ4n) is 3.79. The van der Waals surface area contributed by atoms with Crippen LogP contribution in [0.1, 0.15) is 40.9 Å². The van der Waals surface area contributed by atoms with Crippen molar-refractivity contribution in [3.8, 4) is 6.07 Å². The molecule has 0 bridgehead atoms. The van der Waals surface area contributed by atoms with E-state index in [0.29, 0.717) is 24.2 Å². The predicted molar refractivity (Wildman–Crippen MR) is 120 cm³/mol. The van der Waals surface area contributed by atoms with Crippen molar-refractivity contribution in [2.45, 2.75) is 33.4 Å². The molecule has 1 fully saturated rings. The number of hydrogen-bond acceptors (Lipinski definition) is 4. The number of nitriles is 1. The maximum absolute atomic E-state index is 13.2. The quantitative estimate of drug-likeness (QED) is 0.783. The molecular formula is C25H30N4O2.